The number of piperidine rings is 1. The molecule has 0 aliphatic carbocycles. The number of esters is 1. The van der Waals surface area contributed by atoms with Crippen LogP contribution in [0.15, 0.2) is 91.0 Å². The van der Waals surface area contributed by atoms with E-state index in [1.807, 2.05) is 54.6 Å². The maximum atomic E-state index is 13.4. The van der Waals surface area contributed by atoms with Crippen molar-refractivity contribution in [2.24, 2.45) is 0 Å². The van der Waals surface area contributed by atoms with E-state index in [1.165, 1.54) is 15.4 Å². The van der Waals surface area contributed by atoms with Crippen molar-refractivity contribution in [2.45, 2.75) is 62.8 Å². The molecule has 3 aromatic carbocycles. The van der Waals surface area contributed by atoms with Crippen LogP contribution in [0.1, 0.15) is 48.8 Å². The van der Waals surface area contributed by atoms with E-state index in [2.05, 4.69) is 24.3 Å². The lowest BCUT2D eigenvalue weighted by Crippen LogP contribution is -2.49. The van der Waals surface area contributed by atoms with Gasteiger partial charge in [0.15, 0.2) is 0 Å². The fourth-order valence-electron chi connectivity index (χ4n) is 4.79. The van der Waals surface area contributed by atoms with Gasteiger partial charge in [-0.05, 0) is 61.6 Å². The van der Waals surface area contributed by atoms with Crippen LogP contribution in [0.4, 0.5) is 0 Å². The van der Waals surface area contributed by atoms with Gasteiger partial charge in [-0.15, -0.1) is 0 Å². The van der Waals surface area contributed by atoms with Gasteiger partial charge in [0.05, 0.1) is 5.75 Å². The van der Waals surface area contributed by atoms with Crippen LogP contribution >= 0.6 is 0 Å². The number of hydrogen-bond acceptors (Lipinski definition) is 4. The van der Waals surface area contributed by atoms with Crippen molar-refractivity contribution in [2.75, 3.05) is 6.54 Å². The van der Waals surface area contributed by atoms with Crippen LogP contribution in [0.5, 0.6) is 0 Å². The van der Waals surface area contributed by atoms with E-state index in [0.29, 0.717) is 25.8 Å². The van der Waals surface area contributed by atoms with Crippen molar-refractivity contribution < 1.29 is 17.9 Å². The Bertz CT molecular complexity index is 1140. The molecule has 1 fully saturated rings. The Morgan fingerprint density at radius 3 is 1.81 bits per heavy atom. The number of hydrogen-bond donors (Lipinski definition) is 0. The number of aryl methyl sites for hydroxylation is 2. The van der Waals surface area contributed by atoms with Gasteiger partial charge >= 0.3 is 5.97 Å². The summed E-state index contributed by atoms with van der Waals surface area (Å²) in [4.78, 5) is 13.4. The first-order valence-electron chi connectivity index (χ1n) is 12.8. The summed E-state index contributed by atoms with van der Waals surface area (Å²) in [7, 11) is -3.64. The summed E-state index contributed by atoms with van der Waals surface area (Å²) in [6.45, 7) is 0.355. The third-order valence-electron chi connectivity index (χ3n) is 6.75. The molecule has 1 unspecified atom stereocenters. The second kappa shape index (κ2) is 12.8. The molecule has 6 heteroatoms. The van der Waals surface area contributed by atoms with Gasteiger partial charge in [0.1, 0.15) is 12.1 Å². The number of ether oxygens (including phenoxy) is 1. The third-order valence-corrected chi connectivity index (χ3v) is 8.60. The number of sulfonamides is 1. The van der Waals surface area contributed by atoms with E-state index in [1.54, 1.807) is 12.1 Å². The molecule has 1 saturated heterocycles. The number of nitrogens with zero attached hydrogens (tertiary/aromatic N) is 1. The second-order valence-corrected chi connectivity index (χ2v) is 11.4. The molecule has 1 heterocycles. The molecule has 3 aromatic rings. The smallest absolute Gasteiger partial charge is 0.324 e. The quantitative estimate of drug-likeness (QED) is 0.321. The first-order chi connectivity index (χ1) is 17.5. The zero-order valence-electron chi connectivity index (χ0n) is 20.7. The van der Waals surface area contributed by atoms with Crippen molar-refractivity contribution >= 4 is 16.0 Å². The van der Waals surface area contributed by atoms with Gasteiger partial charge < -0.3 is 4.74 Å². The Morgan fingerprint density at radius 1 is 0.778 bits per heavy atom. The average molecular weight is 506 g/mol. The molecule has 5 nitrogen and oxygen atoms in total. The van der Waals surface area contributed by atoms with Crippen LogP contribution in [0.25, 0.3) is 0 Å². The minimum Gasteiger partial charge on any atom is -0.461 e. The molecule has 0 spiro atoms. The molecule has 1 atom stereocenters. The van der Waals surface area contributed by atoms with Crippen molar-refractivity contribution in [1.29, 1.82) is 0 Å². The van der Waals surface area contributed by atoms with Crippen LogP contribution in [0, 0.1) is 0 Å². The fourth-order valence-corrected chi connectivity index (χ4v) is 6.56. The summed E-state index contributed by atoms with van der Waals surface area (Å²) in [5.41, 5.74) is 3.12. The van der Waals surface area contributed by atoms with Gasteiger partial charge in [-0.25, -0.2) is 8.42 Å². The molecule has 36 heavy (non-hydrogen) atoms. The highest BCUT2D eigenvalue weighted by Gasteiger charge is 2.38. The van der Waals surface area contributed by atoms with Crippen molar-refractivity contribution in [3.8, 4) is 0 Å². The van der Waals surface area contributed by atoms with E-state index < -0.39 is 22.0 Å². The summed E-state index contributed by atoms with van der Waals surface area (Å²) in [5, 5.41) is 0. The van der Waals surface area contributed by atoms with Crippen LogP contribution in [-0.4, -0.2) is 37.4 Å². The van der Waals surface area contributed by atoms with Gasteiger partial charge in [-0.2, -0.15) is 4.31 Å². The Hall–Kier alpha value is -2.96. The summed E-state index contributed by atoms with van der Waals surface area (Å²) in [5.74, 6) is -0.527. The van der Waals surface area contributed by atoms with Gasteiger partial charge in [0, 0.05) is 6.54 Å². The van der Waals surface area contributed by atoms with Gasteiger partial charge in [0.25, 0.3) is 0 Å². The van der Waals surface area contributed by atoms with Crippen molar-refractivity contribution in [3.05, 3.63) is 108 Å². The lowest BCUT2D eigenvalue weighted by Gasteiger charge is -2.34. The Balaban J connectivity index is 1.45. The van der Waals surface area contributed by atoms with E-state index in [9.17, 15) is 13.2 Å². The zero-order chi connectivity index (χ0) is 25.2. The molecule has 0 amide bonds. The summed E-state index contributed by atoms with van der Waals surface area (Å²) < 4.78 is 34.0. The van der Waals surface area contributed by atoms with E-state index in [-0.39, 0.29) is 11.9 Å². The Morgan fingerprint density at radius 2 is 1.28 bits per heavy atom. The van der Waals surface area contributed by atoms with Crippen LogP contribution in [0.2, 0.25) is 0 Å². The first-order valence-corrected chi connectivity index (χ1v) is 14.4. The van der Waals surface area contributed by atoms with Gasteiger partial charge in [-0.3, -0.25) is 4.79 Å². The lowest BCUT2D eigenvalue weighted by molar-refractivity contribution is -0.155. The molecular weight excluding hydrogens is 470 g/mol. The van der Waals surface area contributed by atoms with Crippen molar-refractivity contribution in [3.63, 3.8) is 0 Å². The first kappa shape index (κ1) is 26.1. The SMILES string of the molecule is O=C(OC(CCc1ccccc1)CCc1ccccc1)C1CCCCN1S(=O)(=O)Cc1ccccc1. The van der Waals surface area contributed by atoms with Crippen molar-refractivity contribution in [1.82, 2.24) is 4.31 Å². The highest BCUT2D eigenvalue weighted by atomic mass is 32.2. The monoisotopic (exact) mass is 505 g/mol. The van der Waals surface area contributed by atoms with E-state index in [4.69, 9.17) is 4.74 Å². The molecule has 0 saturated carbocycles. The highest BCUT2D eigenvalue weighted by Crippen LogP contribution is 2.25. The highest BCUT2D eigenvalue weighted by molar-refractivity contribution is 7.88. The third kappa shape index (κ3) is 7.52. The Kier molecular flexibility index (Phi) is 9.31. The van der Waals surface area contributed by atoms with E-state index >= 15 is 0 Å². The van der Waals surface area contributed by atoms with Gasteiger partial charge in [0.2, 0.25) is 10.0 Å². The number of rotatable bonds is 11. The number of carbonyl (C=O) groups is 1. The predicted molar refractivity (Wildman–Crippen MR) is 143 cm³/mol. The molecule has 0 N–H and O–H groups in total. The molecule has 190 valence electrons. The second-order valence-electron chi connectivity index (χ2n) is 9.47. The maximum absolute atomic E-state index is 13.4. The van der Waals surface area contributed by atoms with Gasteiger partial charge in [-0.1, -0.05) is 91.0 Å². The molecule has 1 aliphatic heterocycles. The zero-order valence-corrected chi connectivity index (χ0v) is 21.5. The molecule has 1 aliphatic rings. The fraction of sp³-hybridized carbons (Fsp3) is 0.367. The van der Waals surface area contributed by atoms with Crippen LogP contribution < -0.4 is 0 Å². The minimum atomic E-state index is -3.64. The Labute approximate surface area is 215 Å². The summed E-state index contributed by atoms with van der Waals surface area (Å²) >= 11 is 0. The van der Waals surface area contributed by atoms with Crippen LogP contribution in [0.3, 0.4) is 0 Å². The number of carbonyl (C=O) groups excluding carboxylic acids is 1. The average Bonchev–Trinajstić information content (AvgIpc) is 2.91. The summed E-state index contributed by atoms with van der Waals surface area (Å²) in [6, 6.07) is 28.7. The predicted octanol–water partition coefficient (Wildman–Crippen LogP) is 5.55. The molecule has 0 aromatic heterocycles. The summed E-state index contributed by atoms with van der Waals surface area (Å²) in [6.07, 6.45) is 4.79. The number of benzene rings is 3. The van der Waals surface area contributed by atoms with E-state index in [0.717, 1.165) is 31.2 Å². The normalized spacial score (nSPS) is 16.6. The largest absolute Gasteiger partial charge is 0.461 e. The minimum absolute atomic E-state index is 0.108. The lowest BCUT2D eigenvalue weighted by atomic mass is 10.0. The molecular formula is C30H35NO4S. The van der Waals surface area contributed by atoms with Crippen LogP contribution in [-0.2, 0) is 38.1 Å². The molecule has 4 rings (SSSR count). The standard InChI is InChI=1S/C30H35NO4S/c32-30(29-18-10-11-23-31(29)36(33,34)24-27-16-8-3-9-17-27)35-28(21-19-25-12-4-1-5-13-25)22-20-26-14-6-2-7-15-26/h1-9,12-17,28-29H,10-11,18-24H2. The molecule has 0 bridgehead atoms. The molecule has 0 radical (unpaired) electrons. The maximum Gasteiger partial charge on any atom is 0.324 e. The topological polar surface area (TPSA) is 63.7 Å².